The summed E-state index contributed by atoms with van der Waals surface area (Å²) in [7, 11) is -3.52. The van der Waals surface area contributed by atoms with Crippen molar-refractivity contribution >= 4 is 38.8 Å². The molecule has 2 N–H and O–H groups in total. The molecule has 1 aliphatic carbocycles. The van der Waals surface area contributed by atoms with Gasteiger partial charge in [-0.25, -0.2) is 22.9 Å². The molecule has 31 heavy (non-hydrogen) atoms. The maximum absolute atomic E-state index is 12.7. The molecule has 2 aromatic heterocycles. The second kappa shape index (κ2) is 9.97. The van der Waals surface area contributed by atoms with E-state index in [0.717, 1.165) is 41.3 Å². The lowest BCUT2D eigenvalue weighted by Gasteiger charge is -2.29. The van der Waals surface area contributed by atoms with Crippen LogP contribution in [0.25, 0.3) is 10.6 Å². The summed E-state index contributed by atoms with van der Waals surface area (Å²) in [4.78, 5) is 17.1. The Morgan fingerprint density at radius 1 is 1.16 bits per heavy atom. The van der Waals surface area contributed by atoms with Crippen molar-refractivity contribution in [3.63, 3.8) is 0 Å². The van der Waals surface area contributed by atoms with E-state index in [4.69, 9.17) is 4.74 Å². The molecule has 1 saturated carbocycles. The quantitative estimate of drug-likeness (QED) is 0.588. The molecular formula is C21H31N3O4S3. The van der Waals surface area contributed by atoms with E-state index in [2.05, 4.69) is 15.0 Å². The zero-order valence-corrected chi connectivity index (χ0v) is 20.9. The number of thiazole rings is 1. The molecule has 0 saturated heterocycles. The van der Waals surface area contributed by atoms with Crippen LogP contribution in [0, 0.1) is 18.8 Å². The van der Waals surface area contributed by atoms with Crippen molar-refractivity contribution in [1.29, 1.82) is 0 Å². The fourth-order valence-corrected chi connectivity index (χ4v) is 6.67. The summed E-state index contributed by atoms with van der Waals surface area (Å²) in [5.41, 5.74) is 0.328. The van der Waals surface area contributed by atoms with Gasteiger partial charge in [-0.15, -0.1) is 22.7 Å². The maximum Gasteiger partial charge on any atom is 0.407 e. The smallest absolute Gasteiger partial charge is 0.407 e. The third-order valence-electron chi connectivity index (χ3n) is 5.18. The van der Waals surface area contributed by atoms with Gasteiger partial charge in [0.2, 0.25) is 10.0 Å². The summed E-state index contributed by atoms with van der Waals surface area (Å²) in [5.74, 6) is 0.718. The minimum Gasteiger partial charge on any atom is -0.444 e. The van der Waals surface area contributed by atoms with Crippen LogP contribution in [0.2, 0.25) is 0 Å². The maximum atomic E-state index is 12.7. The second-order valence-corrected chi connectivity index (χ2v) is 13.1. The van der Waals surface area contributed by atoms with Crippen LogP contribution >= 0.6 is 22.7 Å². The predicted molar refractivity (Wildman–Crippen MR) is 125 cm³/mol. The summed E-state index contributed by atoms with van der Waals surface area (Å²) in [5, 5.41) is 5.75. The van der Waals surface area contributed by atoms with E-state index in [1.807, 2.05) is 39.1 Å². The molecule has 0 spiro atoms. The number of ether oxygens (including phenoxy) is 1. The van der Waals surface area contributed by atoms with Crippen LogP contribution in [0.15, 0.2) is 21.7 Å². The van der Waals surface area contributed by atoms with Crippen LogP contribution in [-0.2, 0) is 14.8 Å². The Morgan fingerprint density at radius 3 is 2.39 bits per heavy atom. The number of alkyl carbamates (subject to hydrolysis) is 1. The van der Waals surface area contributed by atoms with Crippen molar-refractivity contribution in [3.05, 3.63) is 22.5 Å². The number of thiophene rings is 1. The molecule has 0 aromatic carbocycles. The molecule has 0 bridgehead atoms. The predicted octanol–water partition coefficient (Wildman–Crippen LogP) is 4.79. The highest BCUT2D eigenvalue weighted by atomic mass is 32.2. The number of carbonyl (C=O) groups excluding carboxylic acids is 1. The van der Waals surface area contributed by atoms with Crippen molar-refractivity contribution in [3.8, 4) is 10.6 Å². The van der Waals surface area contributed by atoms with Crippen LogP contribution in [-0.4, -0.2) is 38.2 Å². The second-order valence-electron chi connectivity index (χ2n) is 8.99. The highest BCUT2D eigenvalue weighted by Gasteiger charge is 2.25. The summed E-state index contributed by atoms with van der Waals surface area (Å²) >= 11 is 2.80. The summed E-state index contributed by atoms with van der Waals surface area (Å²) in [6.07, 6.45) is 3.43. The molecule has 1 fully saturated rings. The van der Waals surface area contributed by atoms with Gasteiger partial charge in [0.15, 0.2) is 0 Å². The van der Waals surface area contributed by atoms with Gasteiger partial charge in [-0.2, -0.15) is 0 Å². The molecular weight excluding hydrogens is 454 g/mol. The van der Waals surface area contributed by atoms with Crippen LogP contribution in [0.5, 0.6) is 0 Å². The average molecular weight is 486 g/mol. The van der Waals surface area contributed by atoms with E-state index in [9.17, 15) is 13.2 Å². The van der Waals surface area contributed by atoms with Gasteiger partial charge in [0.25, 0.3) is 0 Å². The van der Waals surface area contributed by atoms with Crippen LogP contribution in [0.4, 0.5) is 4.79 Å². The SMILES string of the molecule is Cc1nc(-c2ccc(S(=O)(=O)NCC3CCC(CNC(=O)OC(C)(C)C)CC3)s2)cs1. The zero-order valence-electron chi connectivity index (χ0n) is 18.4. The first-order valence-electron chi connectivity index (χ1n) is 10.5. The molecule has 1 aliphatic rings. The van der Waals surface area contributed by atoms with Crippen LogP contribution < -0.4 is 10.0 Å². The first kappa shape index (κ1) is 24.2. The third-order valence-corrected chi connectivity index (χ3v) is 8.98. The first-order chi connectivity index (χ1) is 14.5. The largest absolute Gasteiger partial charge is 0.444 e. The highest BCUT2D eigenvalue weighted by Crippen LogP contribution is 2.32. The van der Waals surface area contributed by atoms with Gasteiger partial charge in [0.05, 0.1) is 15.6 Å². The fraction of sp³-hybridized carbons (Fsp3) is 0.619. The van der Waals surface area contributed by atoms with Gasteiger partial charge >= 0.3 is 6.09 Å². The molecule has 172 valence electrons. The Bertz CT molecular complexity index is 984. The summed E-state index contributed by atoms with van der Waals surface area (Å²) < 4.78 is 33.8. The number of amides is 1. The van der Waals surface area contributed by atoms with E-state index >= 15 is 0 Å². The molecule has 3 rings (SSSR count). The Morgan fingerprint density at radius 2 is 1.81 bits per heavy atom. The van der Waals surface area contributed by atoms with Crippen molar-refractivity contribution in [1.82, 2.24) is 15.0 Å². The van der Waals surface area contributed by atoms with Crippen molar-refractivity contribution in [2.75, 3.05) is 13.1 Å². The number of rotatable bonds is 7. The van der Waals surface area contributed by atoms with Crippen molar-refractivity contribution in [2.24, 2.45) is 11.8 Å². The Kier molecular flexibility index (Phi) is 7.77. The third kappa shape index (κ3) is 7.27. The van der Waals surface area contributed by atoms with Crippen LogP contribution in [0.3, 0.4) is 0 Å². The number of aryl methyl sites for hydroxylation is 1. The normalized spacial score (nSPS) is 19.9. The van der Waals surface area contributed by atoms with Gasteiger partial charge in [-0.3, -0.25) is 0 Å². The molecule has 2 heterocycles. The van der Waals surface area contributed by atoms with Gasteiger partial charge in [0, 0.05) is 18.5 Å². The summed E-state index contributed by atoms with van der Waals surface area (Å²) in [6, 6.07) is 3.47. The van der Waals surface area contributed by atoms with Gasteiger partial charge in [-0.1, -0.05) is 0 Å². The monoisotopic (exact) mass is 485 g/mol. The number of hydrogen-bond acceptors (Lipinski definition) is 7. The van der Waals surface area contributed by atoms with Crippen LogP contribution in [0.1, 0.15) is 51.5 Å². The highest BCUT2D eigenvalue weighted by molar-refractivity contribution is 7.91. The topological polar surface area (TPSA) is 97.4 Å². The van der Waals surface area contributed by atoms with Crippen molar-refractivity contribution in [2.45, 2.75) is 63.2 Å². The summed E-state index contributed by atoms with van der Waals surface area (Å²) in [6.45, 7) is 8.50. The molecule has 0 unspecified atom stereocenters. The van der Waals surface area contributed by atoms with E-state index in [-0.39, 0.29) is 6.09 Å². The number of nitrogens with zero attached hydrogens (tertiary/aromatic N) is 1. The number of aromatic nitrogens is 1. The minimum atomic E-state index is -3.52. The lowest BCUT2D eigenvalue weighted by molar-refractivity contribution is 0.0513. The molecule has 0 aliphatic heterocycles. The standard InChI is InChI=1S/C21H31N3O4S3/c1-14-24-17(13-29-14)18-9-10-19(30-18)31(26,27)23-12-16-7-5-15(6-8-16)11-22-20(25)28-21(2,3)4/h9-10,13,15-16,23H,5-8,11-12H2,1-4H3,(H,22,25). The Labute approximate surface area is 192 Å². The lowest BCUT2D eigenvalue weighted by Crippen LogP contribution is -2.37. The number of sulfonamides is 1. The zero-order chi connectivity index (χ0) is 22.6. The Hall–Kier alpha value is -1.49. The molecule has 0 atom stereocenters. The number of hydrogen-bond donors (Lipinski definition) is 2. The lowest BCUT2D eigenvalue weighted by atomic mass is 9.82. The van der Waals surface area contributed by atoms with Gasteiger partial charge in [-0.05, 0) is 77.3 Å². The fourth-order valence-electron chi connectivity index (χ4n) is 3.56. The molecule has 0 radical (unpaired) electrons. The van der Waals surface area contributed by atoms with E-state index in [1.165, 1.54) is 11.3 Å². The van der Waals surface area contributed by atoms with E-state index < -0.39 is 15.6 Å². The number of carbonyl (C=O) groups is 1. The Balaban J connectivity index is 1.43. The molecule has 7 nitrogen and oxygen atoms in total. The average Bonchev–Trinajstić information content (AvgIpc) is 3.34. The number of nitrogens with one attached hydrogen (secondary N) is 2. The first-order valence-corrected chi connectivity index (χ1v) is 13.7. The van der Waals surface area contributed by atoms with Gasteiger partial charge in [0.1, 0.15) is 9.81 Å². The van der Waals surface area contributed by atoms with Crippen molar-refractivity contribution < 1.29 is 17.9 Å². The van der Waals surface area contributed by atoms with E-state index in [0.29, 0.717) is 29.1 Å². The molecule has 2 aromatic rings. The van der Waals surface area contributed by atoms with E-state index in [1.54, 1.807) is 17.4 Å². The molecule has 10 heteroatoms. The van der Waals surface area contributed by atoms with Gasteiger partial charge < -0.3 is 10.1 Å². The molecule has 1 amide bonds. The minimum absolute atomic E-state index is 0.313.